The molecule has 3 aromatic rings. The van der Waals surface area contributed by atoms with Crippen LogP contribution in [0.25, 0.3) is 10.2 Å². The summed E-state index contributed by atoms with van der Waals surface area (Å²) in [6.45, 7) is 4.26. The molecule has 33 heavy (non-hydrogen) atoms. The summed E-state index contributed by atoms with van der Waals surface area (Å²) in [6.07, 6.45) is -4.97. The van der Waals surface area contributed by atoms with Gasteiger partial charge in [0, 0.05) is 31.1 Å². The van der Waals surface area contributed by atoms with Crippen molar-refractivity contribution >= 4 is 33.3 Å². The van der Waals surface area contributed by atoms with Crippen LogP contribution in [-0.4, -0.2) is 55.7 Å². The Morgan fingerprint density at radius 2 is 1.94 bits per heavy atom. The first-order valence-corrected chi connectivity index (χ1v) is 11.1. The van der Waals surface area contributed by atoms with Crippen molar-refractivity contribution in [3.63, 3.8) is 0 Å². The second kappa shape index (κ2) is 8.63. The van der Waals surface area contributed by atoms with Gasteiger partial charge in [-0.05, 0) is 18.4 Å². The number of rotatable bonds is 7. The molecule has 8 nitrogen and oxygen atoms in total. The molecule has 1 aliphatic heterocycles. The molecule has 180 valence electrons. The van der Waals surface area contributed by atoms with Crippen molar-refractivity contribution in [2.45, 2.75) is 45.5 Å². The average molecular weight is 491 g/mol. The Balaban J connectivity index is 1.68. The van der Waals surface area contributed by atoms with Crippen molar-refractivity contribution < 1.29 is 27.1 Å². The first kappa shape index (κ1) is 23.5. The molecule has 1 atom stereocenters. The molecule has 0 amide bonds. The van der Waals surface area contributed by atoms with Crippen molar-refractivity contribution in [3.05, 3.63) is 22.6 Å². The van der Waals surface area contributed by atoms with Crippen LogP contribution in [0.15, 0.2) is 6.07 Å². The standard InChI is InChI=1S/C19H22F5N7OS/c1-3-11-6-12-14(26-17(27-15(12)33-11)25-7-10(2)9-32)30-4-5-31-13(8-30)28-29-16(31)18(20,21)19(22,23)24/h6,10,32H,3-5,7-9H2,1-2H3,(H,25,26,27). The molecule has 0 aromatic carbocycles. The largest absolute Gasteiger partial charge is 0.461 e. The van der Waals surface area contributed by atoms with Gasteiger partial charge in [0.15, 0.2) is 5.82 Å². The van der Waals surface area contributed by atoms with E-state index in [0.29, 0.717) is 18.3 Å². The van der Waals surface area contributed by atoms with Gasteiger partial charge in [-0.25, -0.2) is 4.98 Å². The van der Waals surface area contributed by atoms with E-state index in [2.05, 4.69) is 25.5 Å². The van der Waals surface area contributed by atoms with Crippen molar-refractivity contribution in [2.24, 2.45) is 5.92 Å². The van der Waals surface area contributed by atoms with Gasteiger partial charge in [-0.1, -0.05) is 13.8 Å². The molecule has 4 rings (SSSR count). The first-order valence-electron chi connectivity index (χ1n) is 10.3. The summed E-state index contributed by atoms with van der Waals surface area (Å²) in [7, 11) is 0. The summed E-state index contributed by atoms with van der Waals surface area (Å²) in [5.74, 6) is -5.63. The van der Waals surface area contributed by atoms with Gasteiger partial charge in [0.05, 0.1) is 11.9 Å². The monoisotopic (exact) mass is 491 g/mol. The summed E-state index contributed by atoms with van der Waals surface area (Å²) >= 11 is 1.50. The highest BCUT2D eigenvalue weighted by Gasteiger charge is 2.62. The quantitative estimate of drug-likeness (QED) is 0.489. The lowest BCUT2D eigenvalue weighted by Gasteiger charge is -2.30. The summed E-state index contributed by atoms with van der Waals surface area (Å²) in [4.78, 5) is 12.7. The third kappa shape index (κ3) is 4.33. The number of hydrogen-bond donors (Lipinski definition) is 2. The number of thiophene rings is 1. The molecular weight excluding hydrogens is 469 g/mol. The number of halogens is 5. The van der Waals surface area contributed by atoms with E-state index in [1.807, 2.05) is 19.9 Å². The maximum Gasteiger partial charge on any atom is 0.461 e. The van der Waals surface area contributed by atoms with Crippen LogP contribution in [-0.2, 0) is 25.4 Å². The van der Waals surface area contributed by atoms with Gasteiger partial charge in [0.2, 0.25) is 11.8 Å². The van der Waals surface area contributed by atoms with Crippen LogP contribution in [0.5, 0.6) is 0 Å². The molecule has 2 N–H and O–H groups in total. The molecule has 0 spiro atoms. The highest BCUT2D eigenvalue weighted by Crippen LogP contribution is 2.43. The molecule has 3 aromatic heterocycles. The number of aliphatic hydroxyl groups excluding tert-OH is 1. The number of aryl methyl sites for hydroxylation is 1. The minimum absolute atomic E-state index is 0.00120. The molecule has 0 saturated heterocycles. The van der Waals surface area contributed by atoms with Crippen molar-refractivity contribution in [1.82, 2.24) is 24.7 Å². The van der Waals surface area contributed by atoms with Crippen LogP contribution in [0.2, 0.25) is 0 Å². The van der Waals surface area contributed by atoms with E-state index in [1.165, 1.54) is 11.3 Å². The van der Waals surface area contributed by atoms with E-state index < -0.39 is 17.9 Å². The Morgan fingerprint density at radius 3 is 2.61 bits per heavy atom. The molecule has 1 aliphatic rings. The molecule has 0 fully saturated rings. The SMILES string of the molecule is CCc1cc2c(N3CCn4c(nnc4C(F)(F)C(F)(F)F)C3)nc(NCC(C)CO)nc2s1. The predicted molar refractivity (Wildman–Crippen MR) is 113 cm³/mol. The maximum atomic E-state index is 13.9. The van der Waals surface area contributed by atoms with Gasteiger partial charge in [0.1, 0.15) is 10.6 Å². The number of aromatic nitrogens is 5. The Kier molecular flexibility index (Phi) is 6.16. The van der Waals surface area contributed by atoms with E-state index in [0.717, 1.165) is 26.1 Å². The Bertz CT molecular complexity index is 1150. The van der Waals surface area contributed by atoms with Gasteiger partial charge in [0.25, 0.3) is 0 Å². The fraction of sp³-hybridized carbons (Fsp3) is 0.579. The lowest BCUT2D eigenvalue weighted by atomic mass is 10.2. The minimum atomic E-state index is -5.76. The van der Waals surface area contributed by atoms with E-state index in [9.17, 15) is 27.1 Å². The highest BCUT2D eigenvalue weighted by molar-refractivity contribution is 7.18. The summed E-state index contributed by atoms with van der Waals surface area (Å²) in [5.41, 5.74) is 0. The van der Waals surface area contributed by atoms with Crippen molar-refractivity contribution in [1.29, 1.82) is 0 Å². The van der Waals surface area contributed by atoms with Crippen LogP contribution < -0.4 is 10.2 Å². The molecule has 1 unspecified atom stereocenters. The van der Waals surface area contributed by atoms with E-state index >= 15 is 0 Å². The van der Waals surface area contributed by atoms with Crippen LogP contribution in [0.1, 0.15) is 30.4 Å². The predicted octanol–water partition coefficient (Wildman–Crippen LogP) is 3.56. The average Bonchev–Trinajstić information content (AvgIpc) is 3.39. The minimum Gasteiger partial charge on any atom is -0.396 e. The number of alkyl halides is 5. The summed E-state index contributed by atoms with van der Waals surface area (Å²) < 4.78 is 67.1. The Labute approximate surface area is 189 Å². The van der Waals surface area contributed by atoms with Gasteiger partial charge in [-0.3, -0.25) is 0 Å². The molecule has 0 saturated carbocycles. The fourth-order valence-corrected chi connectivity index (χ4v) is 4.44. The summed E-state index contributed by atoms with van der Waals surface area (Å²) in [5, 5.41) is 19.9. The van der Waals surface area contributed by atoms with Gasteiger partial charge >= 0.3 is 12.1 Å². The second-order valence-electron chi connectivity index (χ2n) is 7.91. The van der Waals surface area contributed by atoms with E-state index in [1.54, 1.807) is 4.90 Å². The number of fused-ring (bicyclic) bond motifs is 2. The highest BCUT2D eigenvalue weighted by atomic mass is 32.1. The van der Waals surface area contributed by atoms with Crippen molar-refractivity contribution in [3.8, 4) is 0 Å². The number of anilines is 2. The maximum absolute atomic E-state index is 13.9. The lowest BCUT2D eigenvalue weighted by molar-refractivity contribution is -0.293. The second-order valence-corrected chi connectivity index (χ2v) is 9.02. The molecule has 0 radical (unpaired) electrons. The van der Waals surface area contributed by atoms with Gasteiger partial charge in [-0.2, -0.15) is 26.9 Å². The fourth-order valence-electron chi connectivity index (χ4n) is 3.48. The lowest BCUT2D eigenvalue weighted by Crippen LogP contribution is -2.40. The third-order valence-electron chi connectivity index (χ3n) is 5.38. The number of hydrogen-bond acceptors (Lipinski definition) is 8. The Morgan fingerprint density at radius 1 is 1.18 bits per heavy atom. The molecule has 4 heterocycles. The number of nitrogens with zero attached hydrogens (tertiary/aromatic N) is 6. The zero-order chi connectivity index (χ0) is 24.0. The first-order chi connectivity index (χ1) is 15.5. The summed E-state index contributed by atoms with van der Waals surface area (Å²) in [6, 6.07) is 1.96. The normalized spacial score (nSPS) is 15.7. The van der Waals surface area contributed by atoms with E-state index in [-0.39, 0.29) is 38.0 Å². The Hall–Kier alpha value is -2.61. The zero-order valence-corrected chi connectivity index (χ0v) is 18.6. The number of aliphatic hydroxyl groups is 1. The molecule has 0 bridgehead atoms. The van der Waals surface area contributed by atoms with Crippen LogP contribution >= 0.6 is 11.3 Å². The van der Waals surface area contributed by atoms with Crippen LogP contribution in [0, 0.1) is 5.92 Å². The van der Waals surface area contributed by atoms with E-state index in [4.69, 9.17) is 0 Å². The zero-order valence-electron chi connectivity index (χ0n) is 17.8. The van der Waals surface area contributed by atoms with Crippen molar-refractivity contribution in [2.75, 3.05) is 29.9 Å². The molecule has 0 aliphatic carbocycles. The topological polar surface area (TPSA) is 92.0 Å². The molecular formula is C19H22F5N7OS. The van der Waals surface area contributed by atoms with Gasteiger partial charge in [-0.15, -0.1) is 21.5 Å². The number of nitrogens with one attached hydrogen (secondary N) is 1. The van der Waals surface area contributed by atoms with Crippen LogP contribution in [0.3, 0.4) is 0 Å². The third-order valence-corrected chi connectivity index (χ3v) is 6.56. The van der Waals surface area contributed by atoms with Gasteiger partial charge < -0.3 is 19.9 Å². The smallest absolute Gasteiger partial charge is 0.396 e. The molecule has 14 heteroatoms. The van der Waals surface area contributed by atoms with Crippen LogP contribution in [0.4, 0.5) is 33.7 Å².